The highest BCUT2D eigenvalue weighted by molar-refractivity contribution is 7.99. The fourth-order valence-electron chi connectivity index (χ4n) is 1.79. The second-order valence-electron chi connectivity index (χ2n) is 3.81. The topological polar surface area (TPSA) is 20.2 Å². The Balaban J connectivity index is 2.10. The van der Waals surface area contributed by atoms with Gasteiger partial charge in [0.1, 0.15) is 0 Å². The van der Waals surface area contributed by atoms with E-state index >= 15 is 0 Å². The van der Waals surface area contributed by atoms with Gasteiger partial charge in [0, 0.05) is 0 Å². The van der Waals surface area contributed by atoms with Crippen molar-refractivity contribution < 1.29 is 5.11 Å². The first-order chi connectivity index (χ1) is 6.33. The van der Waals surface area contributed by atoms with Gasteiger partial charge in [0.25, 0.3) is 0 Å². The van der Waals surface area contributed by atoms with Gasteiger partial charge in [0.2, 0.25) is 0 Å². The van der Waals surface area contributed by atoms with Gasteiger partial charge >= 0.3 is 0 Å². The average Bonchev–Trinajstić information content (AvgIpc) is 2.16. The van der Waals surface area contributed by atoms with E-state index in [1.165, 1.54) is 24.3 Å². The van der Waals surface area contributed by atoms with E-state index in [9.17, 15) is 5.11 Å². The lowest BCUT2D eigenvalue weighted by Crippen LogP contribution is -2.17. The van der Waals surface area contributed by atoms with Gasteiger partial charge in [-0.1, -0.05) is 6.08 Å². The first kappa shape index (κ1) is 11.1. The van der Waals surface area contributed by atoms with Gasteiger partial charge in [-0.2, -0.15) is 11.8 Å². The smallest absolute Gasteiger partial charge is 0.0545 e. The van der Waals surface area contributed by atoms with Crippen molar-refractivity contribution in [3.8, 4) is 0 Å². The predicted octanol–water partition coefficient (Wildman–Crippen LogP) is 2.85. The Kier molecular flexibility index (Phi) is 5.56. The highest BCUT2D eigenvalue weighted by Gasteiger charge is 2.16. The molecular weight excluding hydrogens is 180 g/mol. The minimum atomic E-state index is -0.0916. The van der Waals surface area contributed by atoms with Crippen LogP contribution in [-0.4, -0.2) is 22.7 Å². The van der Waals surface area contributed by atoms with E-state index in [-0.39, 0.29) is 6.10 Å². The van der Waals surface area contributed by atoms with E-state index in [1.54, 1.807) is 0 Å². The van der Waals surface area contributed by atoms with Gasteiger partial charge in [-0.3, -0.25) is 0 Å². The number of aliphatic hydroxyl groups excluding tert-OH is 1. The quantitative estimate of drug-likeness (QED) is 0.689. The van der Waals surface area contributed by atoms with Crippen molar-refractivity contribution in [2.75, 3.05) is 11.5 Å². The van der Waals surface area contributed by atoms with Crippen LogP contribution in [-0.2, 0) is 0 Å². The molecule has 1 atom stereocenters. The first-order valence-electron chi connectivity index (χ1n) is 5.19. The molecule has 2 heteroatoms. The van der Waals surface area contributed by atoms with Crippen molar-refractivity contribution in [3.63, 3.8) is 0 Å². The zero-order valence-electron chi connectivity index (χ0n) is 8.24. The summed E-state index contributed by atoms with van der Waals surface area (Å²) in [4.78, 5) is 0. The van der Waals surface area contributed by atoms with E-state index in [0.717, 1.165) is 25.2 Å². The minimum Gasteiger partial charge on any atom is -0.393 e. The Hall–Kier alpha value is 0.0500. The lowest BCUT2D eigenvalue weighted by Gasteiger charge is -2.23. The van der Waals surface area contributed by atoms with Gasteiger partial charge in [-0.05, 0) is 49.5 Å². The summed E-state index contributed by atoms with van der Waals surface area (Å²) in [7, 11) is 0. The molecule has 1 aliphatic rings. The maximum absolute atomic E-state index is 9.68. The molecule has 0 bridgehead atoms. The molecule has 1 nitrogen and oxygen atoms in total. The van der Waals surface area contributed by atoms with Crippen LogP contribution in [0, 0.1) is 5.92 Å². The molecule has 0 aliphatic carbocycles. The van der Waals surface area contributed by atoms with Gasteiger partial charge < -0.3 is 5.11 Å². The highest BCUT2D eigenvalue weighted by Crippen LogP contribution is 2.27. The van der Waals surface area contributed by atoms with Crippen molar-refractivity contribution in [2.45, 2.75) is 38.2 Å². The summed E-state index contributed by atoms with van der Waals surface area (Å²) in [5.74, 6) is 3.36. The summed E-state index contributed by atoms with van der Waals surface area (Å²) >= 11 is 2.05. The van der Waals surface area contributed by atoms with Crippen LogP contribution in [0.25, 0.3) is 0 Å². The normalized spacial score (nSPS) is 21.3. The molecule has 1 aliphatic heterocycles. The fourth-order valence-corrected chi connectivity index (χ4v) is 3.00. The summed E-state index contributed by atoms with van der Waals surface area (Å²) in [5, 5.41) is 9.68. The largest absolute Gasteiger partial charge is 0.393 e. The molecule has 1 fully saturated rings. The van der Waals surface area contributed by atoms with Gasteiger partial charge in [-0.25, -0.2) is 0 Å². The summed E-state index contributed by atoms with van der Waals surface area (Å²) in [6.07, 6.45) is 7.25. The van der Waals surface area contributed by atoms with Crippen LogP contribution >= 0.6 is 11.8 Å². The number of hydrogen-bond donors (Lipinski definition) is 1. The van der Waals surface area contributed by atoms with Crippen LogP contribution in [0.2, 0.25) is 0 Å². The van der Waals surface area contributed by atoms with Gasteiger partial charge in [0.05, 0.1) is 6.10 Å². The maximum Gasteiger partial charge on any atom is 0.0545 e. The molecule has 1 N–H and O–H groups in total. The van der Waals surface area contributed by atoms with Crippen molar-refractivity contribution in [3.05, 3.63) is 12.7 Å². The van der Waals surface area contributed by atoms with Crippen molar-refractivity contribution >= 4 is 11.8 Å². The molecule has 0 aromatic carbocycles. The molecule has 13 heavy (non-hydrogen) atoms. The number of thioether (sulfide) groups is 1. The Morgan fingerprint density at radius 1 is 1.46 bits per heavy atom. The van der Waals surface area contributed by atoms with Crippen LogP contribution in [0.4, 0.5) is 0 Å². The predicted molar refractivity (Wildman–Crippen MR) is 60.1 cm³/mol. The Morgan fingerprint density at radius 2 is 2.15 bits per heavy atom. The standard InChI is InChI=1S/C11H20OS/c1-2-3-4-11(12)9-10-5-7-13-8-6-10/h2,10-12H,1,3-9H2. The van der Waals surface area contributed by atoms with Crippen LogP contribution in [0.15, 0.2) is 12.7 Å². The molecule has 0 aromatic heterocycles. The third-order valence-corrected chi connectivity index (χ3v) is 3.70. The minimum absolute atomic E-state index is 0.0916. The maximum atomic E-state index is 9.68. The second-order valence-corrected chi connectivity index (χ2v) is 5.04. The van der Waals surface area contributed by atoms with Crippen LogP contribution in [0.1, 0.15) is 32.1 Å². The SMILES string of the molecule is C=CCCC(O)CC1CCSCC1. The summed E-state index contributed by atoms with van der Waals surface area (Å²) < 4.78 is 0. The van der Waals surface area contributed by atoms with E-state index < -0.39 is 0 Å². The van der Waals surface area contributed by atoms with Crippen LogP contribution in [0.5, 0.6) is 0 Å². The van der Waals surface area contributed by atoms with E-state index in [2.05, 4.69) is 6.58 Å². The zero-order chi connectivity index (χ0) is 9.52. The fraction of sp³-hybridized carbons (Fsp3) is 0.818. The zero-order valence-corrected chi connectivity index (χ0v) is 9.06. The van der Waals surface area contributed by atoms with Crippen molar-refractivity contribution in [1.82, 2.24) is 0 Å². The Bertz CT molecular complexity index is 141. The molecule has 1 rings (SSSR count). The molecule has 1 unspecified atom stereocenters. The van der Waals surface area contributed by atoms with Crippen LogP contribution in [0.3, 0.4) is 0 Å². The molecule has 0 radical (unpaired) electrons. The van der Waals surface area contributed by atoms with E-state index in [0.29, 0.717) is 0 Å². The highest BCUT2D eigenvalue weighted by atomic mass is 32.2. The molecule has 0 saturated carbocycles. The van der Waals surface area contributed by atoms with Gasteiger partial charge in [0.15, 0.2) is 0 Å². The molecule has 0 spiro atoms. The van der Waals surface area contributed by atoms with Crippen molar-refractivity contribution in [2.24, 2.45) is 5.92 Å². The molecule has 76 valence electrons. The molecular formula is C11H20OS. The van der Waals surface area contributed by atoms with E-state index in [4.69, 9.17) is 0 Å². The molecule has 1 saturated heterocycles. The molecule has 0 amide bonds. The second kappa shape index (κ2) is 6.50. The number of hydrogen-bond acceptors (Lipinski definition) is 2. The van der Waals surface area contributed by atoms with Crippen molar-refractivity contribution in [1.29, 1.82) is 0 Å². The number of rotatable bonds is 5. The van der Waals surface area contributed by atoms with Crippen LogP contribution < -0.4 is 0 Å². The molecule has 1 heterocycles. The first-order valence-corrected chi connectivity index (χ1v) is 6.35. The van der Waals surface area contributed by atoms with Gasteiger partial charge in [-0.15, -0.1) is 6.58 Å². The summed E-state index contributed by atoms with van der Waals surface area (Å²) in [6.45, 7) is 3.67. The summed E-state index contributed by atoms with van der Waals surface area (Å²) in [5.41, 5.74) is 0. The monoisotopic (exact) mass is 200 g/mol. The lowest BCUT2D eigenvalue weighted by atomic mass is 9.94. The van der Waals surface area contributed by atoms with E-state index in [1.807, 2.05) is 17.8 Å². The molecule has 0 aromatic rings. The lowest BCUT2D eigenvalue weighted by molar-refractivity contribution is 0.131. The third kappa shape index (κ3) is 4.72. The number of allylic oxidation sites excluding steroid dienone is 1. The Morgan fingerprint density at radius 3 is 2.77 bits per heavy atom. The number of aliphatic hydroxyl groups is 1. The average molecular weight is 200 g/mol. The third-order valence-electron chi connectivity index (χ3n) is 2.65. The summed E-state index contributed by atoms with van der Waals surface area (Å²) in [6, 6.07) is 0. The Labute approximate surface area is 85.6 Å².